The van der Waals surface area contributed by atoms with E-state index in [1.165, 1.54) is 18.3 Å². The third kappa shape index (κ3) is 4.74. The molecule has 2 amide bonds. The number of carbonyl (C=O) groups is 1. The average molecular weight is 468 g/mol. The summed E-state index contributed by atoms with van der Waals surface area (Å²) in [4.78, 5) is 26.8. The van der Waals surface area contributed by atoms with E-state index in [4.69, 9.17) is 11.6 Å². The summed E-state index contributed by atoms with van der Waals surface area (Å²) in [5.41, 5.74) is 0.304. The van der Waals surface area contributed by atoms with Crippen molar-refractivity contribution in [3.8, 4) is 0 Å². The van der Waals surface area contributed by atoms with Crippen LogP contribution >= 0.6 is 11.6 Å². The number of amides is 2. The molecule has 166 valence electrons. The minimum atomic E-state index is -3.48. The van der Waals surface area contributed by atoms with Crippen LogP contribution < -0.4 is 4.90 Å². The summed E-state index contributed by atoms with van der Waals surface area (Å²) in [6.07, 6.45) is 5.82. The van der Waals surface area contributed by atoms with Crippen LogP contribution in [-0.2, 0) is 16.4 Å². The Morgan fingerprint density at radius 3 is 2.48 bits per heavy atom. The third-order valence-corrected chi connectivity index (χ3v) is 7.08. The number of hydrogen-bond donors (Lipinski definition) is 0. The molecule has 31 heavy (non-hydrogen) atoms. The number of piperidine rings is 1. The zero-order chi connectivity index (χ0) is 22.2. The number of aromatic nitrogens is 2. The van der Waals surface area contributed by atoms with Gasteiger partial charge >= 0.3 is 6.03 Å². The van der Waals surface area contributed by atoms with Gasteiger partial charge in [0.2, 0.25) is 0 Å². The molecule has 4 rings (SSSR count). The monoisotopic (exact) mass is 467 g/mol. The summed E-state index contributed by atoms with van der Waals surface area (Å²) < 4.78 is 37.6. The molecule has 0 atom stereocenters. The first-order valence-corrected chi connectivity index (χ1v) is 12.3. The first-order chi connectivity index (χ1) is 14.7. The number of urea groups is 1. The fraction of sp³-hybridized carbons (Fsp3) is 0.450. The van der Waals surface area contributed by atoms with Gasteiger partial charge in [-0.25, -0.2) is 27.6 Å². The summed E-state index contributed by atoms with van der Waals surface area (Å²) in [6.45, 7) is 2.73. The van der Waals surface area contributed by atoms with Crippen LogP contribution in [0.3, 0.4) is 0 Å². The number of sulfone groups is 1. The van der Waals surface area contributed by atoms with Crippen molar-refractivity contribution in [1.29, 1.82) is 0 Å². The Morgan fingerprint density at radius 1 is 1.13 bits per heavy atom. The van der Waals surface area contributed by atoms with E-state index in [0.717, 1.165) is 44.1 Å². The van der Waals surface area contributed by atoms with E-state index in [1.807, 2.05) is 4.90 Å². The van der Waals surface area contributed by atoms with Crippen molar-refractivity contribution in [2.24, 2.45) is 0 Å². The molecule has 0 radical (unpaired) electrons. The van der Waals surface area contributed by atoms with Gasteiger partial charge in [0.05, 0.1) is 23.8 Å². The van der Waals surface area contributed by atoms with Crippen molar-refractivity contribution >= 4 is 33.3 Å². The number of rotatable bonds is 5. The highest BCUT2D eigenvalue weighted by molar-refractivity contribution is 7.90. The second-order valence-electron chi connectivity index (χ2n) is 7.84. The van der Waals surface area contributed by atoms with Crippen LogP contribution in [-0.4, -0.2) is 72.7 Å². The van der Waals surface area contributed by atoms with E-state index in [0.29, 0.717) is 23.8 Å². The maximum atomic E-state index is 14.4. The molecule has 2 aliphatic heterocycles. The molecule has 1 aromatic carbocycles. The minimum Gasteiger partial charge on any atom is -0.355 e. The molecule has 2 aliphatic rings. The lowest BCUT2D eigenvalue weighted by atomic mass is 10.0. The normalized spacial score (nSPS) is 18.2. The van der Waals surface area contributed by atoms with E-state index < -0.39 is 15.7 Å². The van der Waals surface area contributed by atoms with Crippen molar-refractivity contribution in [3.63, 3.8) is 0 Å². The summed E-state index contributed by atoms with van der Waals surface area (Å²) in [7, 11) is -3.48. The molecule has 1 aromatic heterocycles. The quantitative estimate of drug-likeness (QED) is 0.671. The number of nitrogens with zero attached hydrogens (tertiary/aromatic N) is 5. The molecule has 2 fully saturated rings. The molecule has 11 heteroatoms. The topological polar surface area (TPSA) is 86.7 Å². The Morgan fingerprint density at radius 2 is 1.87 bits per heavy atom. The van der Waals surface area contributed by atoms with Gasteiger partial charge in [-0.2, -0.15) is 0 Å². The van der Waals surface area contributed by atoms with E-state index >= 15 is 0 Å². The molecule has 2 aromatic rings. The number of anilines is 1. The van der Waals surface area contributed by atoms with Gasteiger partial charge in [-0.15, -0.1) is 0 Å². The third-order valence-electron chi connectivity index (χ3n) is 5.78. The Kier molecular flexibility index (Phi) is 6.02. The van der Waals surface area contributed by atoms with E-state index in [-0.39, 0.29) is 23.5 Å². The lowest BCUT2D eigenvalue weighted by Gasteiger charge is -2.36. The number of halogens is 2. The zero-order valence-corrected chi connectivity index (χ0v) is 18.6. The van der Waals surface area contributed by atoms with Gasteiger partial charge in [0, 0.05) is 44.0 Å². The fourth-order valence-electron chi connectivity index (χ4n) is 4.05. The summed E-state index contributed by atoms with van der Waals surface area (Å²) in [5.74, 6) is 0.150. The molecule has 3 heterocycles. The highest BCUT2D eigenvalue weighted by Gasteiger charge is 2.35. The molecule has 0 aliphatic carbocycles. The van der Waals surface area contributed by atoms with Crippen LogP contribution in [0.25, 0.3) is 0 Å². The fourth-order valence-corrected chi connectivity index (χ4v) is 4.79. The van der Waals surface area contributed by atoms with Gasteiger partial charge in [-0.1, -0.05) is 17.7 Å². The number of benzene rings is 1. The first kappa shape index (κ1) is 21.8. The Bertz CT molecular complexity index is 1070. The summed E-state index contributed by atoms with van der Waals surface area (Å²) in [6, 6.07) is 3.83. The van der Waals surface area contributed by atoms with Crippen molar-refractivity contribution in [2.45, 2.75) is 30.3 Å². The van der Waals surface area contributed by atoms with Crippen LogP contribution in [0.1, 0.15) is 18.4 Å². The van der Waals surface area contributed by atoms with Crippen molar-refractivity contribution in [1.82, 2.24) is 19.8 Å². The second-order valence-corrected chi connectivity index (χ2v) is 10.2. The smallest absolute Gasteiger partial charge is 0.320 e. The Labute approximate surface area is 185 Å². The van der Waals surface area contributed by atoms with Crippen LogP contribution in [0, 0.1) is 5.82 Å². The highest BCUT2D eigenvalue weighted by atomic mass is 35.5. The molecule has 8 nitrogen and oxygen atoms in total. The van der Waals surface area contributed by atoms with Crippen LogP contribution in [0.15, 0.2) is 35.5 Å². The molecule has 0 bridgehead atoms. The molecule has 0 unspecified atom stereocenters. The molecule has 0 N–H and O–H groups in total. The van der Waals surface area contributed by atoms with E-state index in [9.17, 15) is 17.6 Å². The van der Waals surface area contributed by atoms with Gasteiger partial charge in [-0.3, -0.25) is 0 Å². The van der Waals surface area contributed by atoms with Crippen LogP contribution in [0.4, 0.5) is 15.0 Å². The number of carbonyl (C=O) groups excluding carboxylic acids is 1. The molecule has 2 saturated heterocycles. The lowest BCUT2D eigenvalue weighted by molar-refractivity contribution is 0.167. The van der Waals surface area contributed by atoms with Crippen molar-refractivity contribution in [3.05, 3.63) is 47.1 Å². The minimum absolute atomic E-state index is 0.0692. The van der Waals surface area contributed by atoms with Gasteiger partial charge in [0.25, 0.3) is 0 Å². The van der Waals surface area contributed by atoms with E-state index in [1.54, 1.807) is 11.1 Å². The average Bonchev–Trinajstić information content (AvgIpc) is 3.10. The lowest BCUT2D eigenvalue weighted by Crippen LogP contribution is -2.46. The SMILES string of the molecule is CS(=O)(=O)c1ccc(CN2CCN(C3CCN(c4cnc(Cl)cn4)CC3)C2=O)c(F)c1. The molecule has 0 spiro atoms. The Balaban J connectivity index is 1.36. The van der Waals surface area contributed by atoms with Gasteiger partial charge in [-0.05, 0) is 25.0 Å². The highest BCUT2D eigenvalue weighted by Crippen LogP contribution is 2.25. The second kappa shape index (κ2) is 8.58. The molecule has 0 saturated carbocycles. The summed E-state index contributed by atoms with van der Waals surface area (Å²) in [5, 5.41) is 0.351. The van der Waals surface area contributed by atoms with Crippen molar-refractivity contribution < 1.29 is 17.6 Å². The number of hydrogen-bond acceptors (Lipinski definition) is 6. The van der Waals surface area contributed by atoms with Gasteiger partial charge in [0.1, 0.15) is 16.8 Å². The summed E-state index contributed by atoms with van der Waals surface area (Å²) >= 11 is 5.79. The standard InChI is InChI=1S/C20H23ClFN5O3S/c1-31(29,30)16-3-2-14(17(22)10-16)13-26-8-9-27(20(26)28)15-4-6-25(7-5-15)19-12-23-18(21)11-24-19/h2-3,10-12,15H,4-9,13H2,1H3. The maximum Gasteiger partial charge on any atom is 0.320 e. The first-order valence-electron chi connectivity index (χ1n) is 9.99. The van der Waals surface area contributed by atoms with Gasteiger partial charge < -0.3 is 14.7 Å². The molecular weight excluding hydrogens is 445 g/mol. The van der Waals surface area contributed by atoms with Crippen molar-refractivity contribution in [2.75, 3.05) is 37.3 Å². The zero-order valence-electron chi connectivity index (χ0n) is 17.0. The van der Waals surface area contributed by atoms with Crippen LogP contribution in [0.2, 0.25) is 5.15 Å². The largest absolute Gasteiger partial charge is 0.355 e. The predicted molar refractivity (Wildman–Crippen MR) is 114 cm³/mol. The predicted octanol–water partition coefficient (Wildman–Crippen LogP) is 2.58. The molecular formula is C20H23ClFN5O3S. The Hall–Kier alpha value is -2.46. The maximum absolute atomic E-state index is 14.4. The van der Waals surface area contributed by atoms with Gasteiger partial charge in [0.15, 0.2) is 9.84 Å². The van der Waals surface area contributed by atoms with Crippen LogP contribution in [0.5, 0.6) is 0 Å². The van der Waals surface area contributed by atoms with E-state index in [2.05, 4.69) is 14.9 Å².